The van der Waals surface area contributed by atoms with Crippen molar-refractivity contribution in [3.63, 3.8) is 0 Å². The Morgan fingerprint density at radius 3 is 1.00 bits per heavy atom. The first-order valence-corrected chi connectivity index (χ1v) is 17.5. The van der Waals surface area contributed by atoms with Gasteiger partial charge in [0.1, 0.15) is 13.2 Å². The quantitative estimate of drug-likeness (QED) is 0.152. The smallest absolute Gasteiger partial charge is 0.305 e. The fourth-order valence-electron chi connectivity index (χ4n) is 8.19. The molecule has 4 aliphatic rings. The molecule has 0 unspecified atom stereocenters. The summed E-state index contributed by atoms with van der Waals surface area (Å²) in [4.78, 5) is 30.2. The average Bonchev–Trinajstić information content (AvgIpc) is 3.01. The Morgan fingerprint density at radius 1 is 0.450 bits per heavy atom. The lowest BCUT2D eigenvalue weighted by Crippen LogP contribution is -2.46. The first-order chi connectivity index (χ1) is 19.7. The molecule has 230 valence electrons. The van der Waals surface area contributed by atoms with E-state index in [-0.39, 0.29) is 11.9 Å². The van der Waals surface area contributed by atoms with Crippen LogP contribution >= 0.6 is 0 Å². The van der Waals surface area contributed by atoms with Crippen LogP contribution in [0.3, 0.4) is 0 Å². The van der Waals surface area contributed by atoms with Crippen LogP contribution < -0.4 is 0 Å². The Morgan fingerprint density at radius 2 is 0.725 bits per heavy atom. The third kappa shape index (κ3) is 10.9. The van der Waals surface area contributed by atoms with Crippen LogP contribution in [0.2, 0.25) is 0 Å². The minimum Gasteiger partial charge on any atom is -0.464 e. The minimum atomic E-state index is -0.115. The molecule has 0 aromatic carbocycles. The lowest BCUT2D eigenvalue weighted by Gasteiger charge is -2.41. The van der Waals surface area contributed by atoms with E-state index in [2.05, 4.69) is 9.80 Å². The van der Waals surface area contributed by atoms with E-state index in [0.717, 1.165) is 13.1 Å². The van der Waals surface area contributed by atoms with Crippen LogP contribution in [-0.4, -0.2) is 72.2 Å². The zero-order valence-electron chi connectivity index (χ0n) is 25.6. The molecule has 0 atom stereocenters. The fourth-order valence-corrected chi connectivity index (χ4v) is 8.19. The van der Waals surface area contributed by atoms with Crippen LogP contribution in [-0.2, 0) is 19.1 Å². The van der Waals surface area contributed by atoms with Gasteiger partial charge >= 0.3 is 11.9 Å². The number of carbonyl (C=O) groups is 2. The van der Waals surface area contributed by atoms with E-state index in [1.807, 2.05) is 0 Å². The van der Waals surface area contributed by atoms with Gasteiger partial charge in [-0.3, -0.25) is 19.4 Å². The molecule has 6 heteroatoms. The van der Waals surface area contributed by atoms with Crippen molar-refractivity contribution >= 4 is 11.9 Å². The molecule has 0 spiro atoms. The number of hydrogen-bond donors (Lipinski definition) is 0. The SMILES string of the molecule is O=C(CCCCC(=O)OCCN(C1CCCCC1)C1CCCCC1)OCCN(C1CCCCC1)C1CCCCC1. The molecule has 0 heterocycles. The average molecular weight is 561 g/mol. The van der Waals surface area contributed by atoms with Gasteiger partial charge in [0, 0.05) is 50.1 Å². The molecule has 6 nitrogen and oxygen atoms in total. The maximum Gasteiger partial charge on any atom is 0.305 e. The van der Waals surface area contributed by atoms with E-state index in [9.17, 15) is 9.59 Å². The highest BCUT2D eigenvalue weighted by Crippen LogP contribution is 2.31. The van der Waals surface area contributed by atoms with E-state index < -0.39 is 0 Å². The second kappa shape index (κ2) is 18.4. The Hall–Kier alpha value is -1.14. The van der Waals surface area contributed by atoms with E-state index in [4.69, 9.17) is 9.47 Å². The highest BCUT2D eigenvalue weighted by Gasteiger charge is 2.30. The van der Waals surface area contributed by atoms with E-state index in [1.54, 1.807) is 0 Å². The summed E-state index contributed by atoms with van der Waals surface area (Å²) in [6.45, 7) is 2.77. The third-order valence-corrected chi connectivity index (χ3v) is 10.4. The topological polar surface area (TPSA) is 59.1 Å². The van der Waals surface area contributed by atoms with E-state index in [1.165, 1.54) is 128 Å². The number of nitrogens with zero attached hydrogens (tertiary/aromatic N) is 2. The van der Waals surface area contributed by atoms with Gasteiger partial charge in [-0.15, -0.1) is 0 Å². The molecule has 0 saturated heterocycles. The fraction of sp³-hybridized carbons (Fsp3) is 0.941. The molecule has 0 aromatic heterocycles. The number of carbonyl (C=O) groups excluding carboxylic acids is 2. The first kappa shape index (κ1) is 31.8. The van der Waals surface area contributed by atoms with Crippen LogP contribution in [0.25, 0.3) is 0 Å². The molecule has 0 bridgehead atoms. The number of ether oxygens (including phenoxy) is 2. The van der Waals surface area contributed by atoms with Gasteiger partial charge in [0.25, 0.3) is 0 Å². The van der Waals surface area contributed by atoms with Gasteiger partial charge in [-0.2, -0.15) is 0 Å². The third-order valence-electron chi connectivity index (χ3n) is 10.4. The summed E-state index contributed by atoms with van der Waals surface area (Å²) in [5.41, 5.74) is 0. The molecular weight excluding hydrogens is 500 g/mol. The molecule has 0 radical (unpaired) electrons. The highest BCUT2D eigenvalue weighted by atomic mass is 16.5. The summed E-state index contributed by atoms with van der Waals surface area (Å²) in [7, 11) is 0. The predicted octanol–water partition coefficient (Wildman–Crippen LogP) is 7.57. The van der Waals surface area contributed by atoms with Crippen molar-refractivity contribution in [3.8, 4) is 0 Å². The Bertz CT molecular complexity index is 611. The molecule has 40 heavy (non-hydrogen) atoms. The Labute approximate surface area is 245 Å². The summed E-state index contributed by atoms with van der Waals surface area (Å²) in [6, 6.07) is 2.72. The van der Waals surface area contributed by atoms with Crippen molar-refractivity contribution in [3.05, 3.63) is 0 Å². The second-order valence-electron chi connectivity index (χ2n) is 13.3. The maximum absolute atomic E-state index is 12.4. The molecule has 4 fully saturated rings. The molecule has 0 amide bonds. The van der Waals surface area contributed by atoms with Crippen LogP contribution in [0.15, 0.2) is 0 Å². The molecule has 4 aliphatic carbocycles. The van der Waals surface area contributed by atoms with Crippen molar-refractivity contribution in [2.45, 2.75) is 178 Å². The maximum atomic E-state index is 12.4. The summed E-state index contributed by atoms with van der Waals surface area (Å²) < 4.78 is 11.3. The Balaban J connectivity index is 1.07. The summed E-state index contributed by atoms with van der Waals surface area (Å²) in [5.74, 6) is -0.229. The predicted molar refractivity (Wildman–Crippen MR) is 161 cm³/mol. The highest BCUT2D eigenvalue weighted by molar-refractivity contribution is 5.70. The first-order valence-electron chi connectivity index (χ1n) is 17.5. The number of rotatable bonds is 15. The van der Waals surface area contributed by atoms with Crippen molar-refractivity contribution in [1.29, 1.82) is 0 Å². The molecule has 0 N–H and O–H groups in total. The van der Waals surface area contributed by atoms with Gasteiger partial charge < -0.3 is 9.47 Å². The van der Waals surface area contributed by atoms with Crippen molar-refractivity contribution in [2.75, 3.05) is 26.3 Å². The molecule has 4 rings (SSSR count). The normalized spacial score (nSPS) is 22.6. The lowest BCUT2D eigenvalue weighted by molar-refractivity contribution is -0.146. The molecule has 0 aliphatic heterocycles. The number of hydrogen-bond acceptors (Lipinski definition) is 6. The zero-order chi connectivity index (χ0) is 27.8. The van der Waals surface area contributed by atoms with Gasteiger partial charge in [-0.25, -0.2) is 0 Å². The van der Waals surface area contributed by atoms with Crippen molar-refractivity contribution in [2.24, 2.45) is 0 Å². The standard InChI is InChI=1S/C34H60N2O4/c37-33(39-27-25-35(29-15-5-1-6-16-29)30-17-7-2-8-18-30)23-13-14-24-34(38)40-28-26-36(31-19-9-3-10-20-31)32-21-11-4-12-22-32/h29-32H,1-28H2. The summed E-state index contributed by atoms with van der Waals surface area (Å²) >= 11 is 0. The van der Waals surface area contributed by atoms with Crippen LogP contribution in [0.4, 0.5) is 0 Å². The number of unbranched alkanes of at least 4 members (excludes halogenated alkanes) is 1. The second-order valence-corrected chi connectivity index (χ2v) is 13.3. The minimum absolute atomic E-state index is 0.115. The van der Waals surface area contributed by atoms with Gasteiger partial charge in [-0.1, -0.05) is 77.0 Å². The van der Waals surface area contributed by atoms with Crippen LogP contribution in [0.1, 0.15) is 154 Å². The van der Waals surface area contributed by atoms with Gasteiger partial charge in [0.05, 0.1) is 0 Å². The molecule has 4 saturated carbocycles. The van der Waals surface area contributed by atoms with Crippen molar-refractivity contribution < 1.29 is 19.1 Å². The van der Waals surface area contributed by atoms with Crippen LogP contribution in [0.5, 0.6) is 0 Å². The van der Waals surface area contributed by atoms with Crippen LogP contribution in [0, 0.1) is 0 Å². The van der Waals surface area contributed by atoms with E-state index >= 15 is 0 Å². The zero-order valence-corrected chi connectivity index (χ0v) is 25.6. The van der Waals surface area contributed by atoms with Gasteiger partial charge in [0.2, 0.25) is 0 Å². The Kier molecular flexibility index (Phi) is 14.6. The molecular formula is C34H60N2O4. The summed E-state index contributed by atoms with van der Waals surface area (Å²) in [6.07, 6.45) is 28.9. The van der Waals surface area contributed by atoms with Crippen molar-refractivity contribution in [1.82, 2.24) is 9.80 Å². The monoisotopic (exact) mass is 560 g/mol. The molecule has 0 aromatic rings. The largest absolute Gasteiger partial charge is 0.464 e. The van der Waals surface area contributed by atoms with E-state index in [0.29, 0.717) is 63.1 Å². The van der Waals surface area contributed by atoms with Gasteiger partial charge in [-0.05, 0) is 64.2 Å². The lowest BCUT2D eigenvalue weighted by atomic mass is 9.88. The summed E-state index contributed by atoms with van der Waals surface area (Å²) in [5, 5.41) is 0. The number of esters is 2. The van der Waals surface area contributed by atoms with Gasteiger partial charge in [0.15, 0.2) is 0 Å².